The smallest absolute Gasteiger partial charge is 0.413 e. The minimum Gasteiger partial charge on any atom is -0.493 e. The summed E-state index contributed by atoms with van der Waals surface area (Å²) in [6, 6.07) is 16.4. The Balaban J connectivity index is 1.75. The van der Waals surface area contributed by atoms with Gasteiger partial charge < -0.3 is 19.5 Å². The summed E-state index contributed by atoms with van der Waals surface area (Å²) in [6.45, 7) is 1.74. The van der Waals surface area contributed by atoms with Crippen molar-refractivity contribution >= 4 is 33.5 Å². The number of carbonyl (C=O) groups is 2. The van der Waals surface area contributed by atoms with E-state index in [0.29, 0.717) is 27.3 Å². The monoisotopic (exact) mass is 427 g/mol. The number of thiazole rings is 1. The van der Waals surface area contributed by atoms with Crippen LogP contribution in [0.15, 0.2) is 54.6 Å². The molecule has 3 rings (SSSR count). The largest absolute Gasteiger partial charge is 0.493 e. The molecule has 2 N–H and O–H groups in total. The van der Waals surface area contributed by atoms with E-state index >= 15 is 0 Å². The van der Waals surface area contributed by atoms with Gasteiger partial charge >= 0.3 is 6.09 Å². The molecule has 0 bridgehead atoms. The van der Waals surface area contributed by atoms with Crippen LogP contribution in [-0.2, 0) is 9.53 Å². The predicted octanol–water partition coefficient (Wildman–Crippen LogP) is 4.40. The van der Waals surface area contributed by atoms with Crippen molar-refractivity contribution in [3.63, 3.8) is 0 Å². The molecule has 8 nitrogen and oxygen atoms in total. The minimum absolute atomic E-state index is 0.215. The van der Waals surface area contributed by atoms with Crippen LogP contribution >= 0.6 is 11.3 Å². The highest BCUT2D eigenvalue weighted by atomic mass is 32.1. The summed E-state index contributed by atoms with van der Waals surface area (Å²) in [5.74, 6) is 0.630. The lowest BCUT2D eigenvalue weighted by Crippen LogP contribution is -2.20. The molecule has 0 unspecified atom stereocenters. The summed E-state index contributed by atoms with van der Waals surface area (Å²) in [6.07, 6.45) is -0.608. The van der Waals surface area contributed by atoms with Gasteiger partial charge in [0.05, 0.1) is 13.7 Å². The van der Waals surface area contributed by atoms with Gasteiger partial charge in [-0.1, -0.05) is 53.8 Å². The normalized spacial score (nSPS) is 10.2. The van der Waals surface area contributed by atoms with Crippen LogP contribution in [0, 0.1) is 0 Å². The number of rotatable bonds is 8. The second-order valence-corrected chi connectivity index (χ2v) is 6.90. The molecule has 2 aromatic carbocycles. The fourth-order valence-corrected chi connectivity index (χ4v) is 3.44. The predicted molar refractivity (Wildman–Crippen MR) is 115 cm³/mol. The van der Waals surface area contributed by atoms with E-state index in [-0.39, 0.29) is 19.1 Å². The van der Waals surface area contributed by atoms with Crippen LogP contribution in [0.25, 0.3) is 11.3 Å². The second kappa shape index (κ2) is 10.3. The zero-order chi connectivity index (χ0) is 21.3. The summed E-state index contributed by atoms with van der Waals surface area (Å²) < 4.78 is 15.7. The molecule has 0 aliphatic carbocycles. The number of para-hydroxylation sites is 2. The molecule has 1 aromatic heterocycles. The van der Waals surface area contributed by atoms with Crippen LogP contribution < -0.4 is 20.1 Å². The van der Waals surface area contributed by atoms with Gasteiger partial charge in [-0.3, -0.25) is 10.1 Å². The molecule has 0 atom stereocenters. The average molecular weight is 427 g/mol. The molecule has 0 spiro atoms. The molecule has 1 heterocycles. The Hall–Kier alpha value is -3.59. The van der Waals surface area contributed by atoms with Gasteiger partial charge in [-0.25, -0.2) is 9.78 Å². The molecule has 0 radical (unpaired) electrons. The number of aromatic nitrogens is 1. The summed E-state index contributed by atoms with van der Waals surface area (Å²) in [7, 11) is 1.53. The van der Waals surface area contributed by atoms with Crippen LogP contribution in [0.1, 0.15) is 6.92 Å². The van der Waals surface area contributed by atoms with Crippen LogP contribution in [0.3, 0.4) is 0 Å². The van der Waals surface area contributed by atoms with Gasteiger partial charge in [0.1, 0.15) is 10.7 Å². The van der Waals surface area contributed by atoms with Crippen molar-refractivity contribution in [1.29, 1.82) is 0 Å². The van der Waals surface area contributed by atoms with Gasteiger partial charge in [-0.15, -0.1) is 0 Å². The third-order valence-electron chi connectivity index (χ3n) is 3.84. The SMILES string of the molecule is CCOC(=O)Nc1nc(-c2ccccc2)c(NC(=O)COc2ccccc2OC)s1. The molecule has 30 heavy (non-hydrogen) atoms. The highest BCUT2D eigenvalue weighted by molar-refractivity contribution is 7.20. The lowest BCUT2D eigenvalue weighted by Gasteiger charge is -2.10. The van der Waals surface area contributed by atoms with Crippen molar-refractivity contribution in [2.75, 3.05) is 31.0 Å². The Labute approximate surface area is 177 Å². The third kappa shape index (κ3) is 5.48. The molecule has 9 heteroatoms. The molecular weight excluding hydrogens is 406 g/mol. The Morgan fingerprint density at radius 3 is 2.40 bits per heavy atom. The third-order valence-corrected chi connectivity index (χ3v) is 4.73. The van der Waals surface area contributed by atoms with Gasteiger partial charge in [-0.05, 0) is 19.1 Å². The molecule has 0 aliphatic heterocycles. The Morgan fingerprint density at radius 1 is 1.00 bits per heavy atom. The quantitative estimate of drug-likeness (QED) is 0.553. The second-order valence-electron chi connectivity index (χ2n) is 5.90. The van der Waals surface area contributed by atoms with Crippen molar-refractivity contribution < 1.29 is 23.8 Å². The van der Waals surface area contributed by atoms with Crippen LogP contribution in [-0.4, -0.2) is 37.3 Å². The van der Waals surface area contributed by atoms with Crippen LogP contribution in [0.2, 0.25) is 0 Å². The lowest BCUT2D eigenvalue weighted by atomic mass is 10.2. The van der Waals surface area contributed by atoms with E-state index in [1.165, 1.54) is 7.11 Å². The van der Waals surface area contributed by atoms with Gasteiger partial charge in [0.25, 0.3) is 5.91 Å². The summed E-state index contributed by atoms with van der Waals surface area (Å²) in [5, 5.41) is 6.17. The number of ether oxygens (including phenoxy) is 3. The van der Waals surface area contributed by atoms with E-state index < -0.39 is 6.09 Å². The number of hydrogen-bond acceptors (Lipinski definition) is 7. The van der Waals surface area contributed by atoms with Crippen molar-refractivity contribution in [2.24, 2.45) is 0 Å². The highest BCUT2D eigenvalue weighted by Crippen LogP contribution is 2.36. The first-order chi connectivity index (χ1) is 14.6. The van der Waals surface area contributed by atoms with Crippen LogP contribution in [0.5, 0.6) is 11.5 Å². The Bertz CT molecular complexity index is 1010. The topological polar surface area (TPSA) is 98.8 Å². The number of benzene rings is 2. The van der Waals surface area contributed by atoms with Crippen molar-refractivity contribution in [3.8, 4) is 22.8 Å². The summed E-state index contributed by atoms with van der Waals surface area (Å²) in [5.41, 5.74) is 1.34. The van der Waals surface area contributed by atoms with Crippen molar-refractivity contribution in [1.82, 2.24) is 4.98 Å². The number of anilines is 2. The maximum absolute atomic E-state index is 12.5. The summed E-state index contributed by atoms with van der Waals surface area (Å²) >= 11 is 1.13. The maximum Gasteiger partial charge on any atom is 0.413 e. The molecule has 156 valence electrons. The molecule has 0 fully saturated rings. The minimum atomic E-state index is -0.608. The van der Waals surface area contributed by atoms with Gasteiger partial charge in [0.2, 0.25) is 0 Å². The fourth-order valence-electron chi connectivity index (χ4n) is 2.55. The van der Waals surface area contributed by atoms with E-state index in [0.717, 1.165) is 16.9 Å². The molecular formula is C21H21N3O5S. The molecule has 0 saturated heterocycles. The summed E-state index contributed by atoms with van der Waals surface area (Å²) in [4.78, 5) is 28.7. The van der Waals surface area contributed by atoms with E-state index in [1.54, 1.807) is 25.1 Å². The highest BCUT2D eigenvalue weighted by Gasteiger charge is 2.18. The van der Waals surface area contributed by atoms with E-state index in [2.05, 4.69) is 15.6 Å². The first-order valence-corrected chi connectivity index (χ1v) is 9.98. The number of carbonyl (C=O) groups excluding carboxylic acids is 2. The number of hydrogen-bond donors (Lipinski definition) is 2. The molecule has 3 aromatic rings. The number of nitrogens with zero attached hydrogens (tertiary/aromatic N) is 1. The van der Waals surface area contributed by atoms with E-state index in [9.17, 15) is 9.59 Å². The zero-order valence-corrected chi connectivity index (χ0v) is 17.3. The van der Waals surface area contributed by atoms with Crippen molar-refractivity contribution in [3.05, 3.63) is 54.6 Å². The zero-order valence-electron chi connectivity index (χ0n) is 16.5. The van der Waals surface area contributed by atoms with E-state index in [4.69, 9.17) is 14.2 Å². The Kier molecular flexibility index (Phi) is 7.23. The number of nitrogens with one attached hydrogen (secondary N) is 2. The van der Waals surface area contributed by atoms with Gasteiger partial charge in [0.15, 0.2) is 23.2 Å². The average Bonchev–Trinajstić information content (AvgIpc) is 3.15. The maximum atomic E-state index is 12.5. The molecule has 2 amide bonds. The lowest BCUT2D eigenvalue weighted by molar-refractivity contribution is -0.118. The van der Waals surface area contributed by atoms with Crippen molar-refractivity contribution in [2.45, 2.75) is 6.92 Å². The van der Waals surface area contributed by atoms with E-state index in [1.807, 2.05) is 36.4 Å². The first-order valence-electron chi connectivity index (χ1n) is 9.16. The first kappa shape index (κ1) is 21.1. The molecule has 0 aliphatic rings. The van der Waals surface area contributed by atoms with Gasteiger partial charge in [-0.2, -0.15) is 0 Å². The van der Waals surface area contributed by atoms with Gasteiger partial charge in [0, 0.05) is 5.56 Å². The van der Waals surface area contributed by atoms with Crippen LogP contribution in [0.4, 0.5) is 14.9 Å². The standard InChI is InChI=1S/C21H21N3O5S/c1-3-28-21(26)24-20-23-18(14-9-5-4-6-10-14)19(30-20)22-17(25)13-29-16-12-8-7-11-15(16)27-2/h4-12H,3,13H2,1-2H3,(H,22,25)(H,23,24,26). The fraction of sp³-hybridized carbons (Fsp3) is 0.190. The number of methoxy groups -OCH3 is 1. The molecule has 0 saturated carbocycles. The Morgan fingerprint density at radius 2 is 1.70 bits per heavy atom. The number of amides is 2.